The van der Waals surface area contributed by atoms with Crippen LogP contribution in [0.1, 0.15) is 54.4 Å². The Labute approximate surface area is 269 Å². The number of pyridine rings is 1. The molecule has 11 heteroatoms. The van der Waals surface area contributed by atoms with Gasteiger partial charge in [-0.3, -0.25) is 18.9 Å². The number of rotatable bonds is 10. The fourth-order valence-corrected chi connectivity index (χ4v) is 7.07. The van der Waals surface area contributed by atoms with Crippen molar-refractivity contribution in [3.05, 3.63) is 107 Å². The van der Waals surface area contributed by atoms with Crippen molar-refractivity contribution in [1.29, 1.82) is 0 Å². The minimum Gasteiger partial charge on any atom is -0.505 e. The molecule has 2 aromatic carbocycles. The average Bonchev–Trinajstić information content (AvgIpc) is 3.70. The van der Waals surface area contributed by atoms with Crippen LogP contribution in [-0.2, 0) is 15.3 Å². The topological polar surface area (TPSA) is 110 Å². The molecule has 9 nitrogen and oxygen atoms in total. The molecule has 1 saturated heterocycles. The van der Waals surface area contributed by atoms with Crippen molar-refractivity contribution >= 4 is 51.3 Å². The summed E-state index contributed by atoms with van der Waals surface area (Å²) in [5.74, 6) is -0.133. The maximum atomic E-state index is 13.8. The number of ether oxygens (including phenoxy) is 1. The Morgan fingerprint density at radius 3 is 2.62 bits per heavy atom. The summed E-state index contributed by atoms with van der Waals surface area (Å²) < 4.78 is 8.41. The molecule has 1 unspecified atom stereocenters. The molecule has 1 amide bonds. The maximum Gasteiger partial charge on any atom is 0.301 e. The Bertz CT molecular complexity index is 1910. The first-order valence-corrected chi connectivity index (χ1v) is 16.5. The van der Waals surface area contributed by atoms with Crippen LogP contribution in [0.5, 0.6) is 5.75 Å². The van der Waals surface area contributed by atoms with E-state index in [0.717, 1.165) is 12.0 Å². The number of hydrogen-bond donors (Lipinski definition) is 1. The Kier molecular flexibility index (Phi) is 8.73. The van der Waals surface area contributed by atoms with Crippen LogP contribution < -0.4 is 9.64 Å². The van der Waals surface area contributed by atoms with Crippen LogP contribution in [-0.4, -0.2) is 43.0 Å². The number of imidazole rings is 1. The zero-order valence-corrected chi connectivity index (χ0v) is 27.1. The van der Waals surface area contributed by atoms with Gasteiger partial charge in [-0.05, 0) is 61.6 Å². The molecule has 0 radical (unpaired) electrons. The van der Waals surface area contributed by atoms with E-state index >= 15 is 0 Å². The van der Waals surface area contributed by atoms with E-state index < -0.39 is 17.7 Å². The molecule has 4 heterocycles. The van der Waals surface area contributed by atoms with Crippen LogP contribution in [0.2, 0.25) is 0 Å². The monoisotopic (exact) mass is 639 g/mol. The lowest BCUT2D eigenvalue weighted by molar-refractivity contribution is -0.132. The third-order valence-electron chi connectivity index (χ3n) is 7.60. The van der Waals surface area contributed by atoms with Crippen LogP contribution in [0, 0.1) is 19.8 Å². The number of fused-ring (bicyclic) bond motifs is 1. The fourth-order valence-electron chi connectivity index (χ4n) is 5.25. The number of aromatic nitrogens is 4. The summed E-state index contributed by atoms with van der Waals surface area (Å²) >= 11 is 2.74. The normalized spacial score (nSPS) is 16.3. The highest BCUT2D eigenvalue weighted by Gasteiger charge is 2.49. The van der Waals surface area contributed by atoms with Gasteiger partial charge in [0.25, 0.3) is 5.78 Å². The van der Waals surface area contributed by atoms with Gasteiger partial charge >= 0.3 is 5.91 Å². The van der Waals surface area contributed by atoms with Gasteiger partial charge in [0.05, 0.1) is 23.9 Å². The number of anilines is 1. The molecule has 230 valence electrons. The minimum atomic E-state index is -0.963. The Morgan fingerprint density at radius 1 is 1.04 bits per heavy atom. The highest BCUT2D eigenvalue weighted by Crippen LogP contribution is 2.45. The summed E-state index contributed by atoms with van der Waals surface area (Å²) in [6.07, 6.45) is 2.64. The van der Waals surface area contributed by atoms with Crippen molar-refractivity contribution in [2.45, 2.75) is 50.3 Å². The van der Waals surface area contributed by atoms with Crippen molar-refractivity contribution in [1.82, 2.24) is 19.6 Å². The number of aliphatic hydroxyl groups is 1. The molecule has 1 fully saturated rings. The molecule has 0 saturated carbocycles. The number of aryl methyl sites for hydroxylation is 2. The third-order valence-corrected chi connectivity index (χ3v) is 9.72. The largest absolute Gasteiger partial charge is 0.505 e. The summed E-state index contributed by atoms with van der Waals surface area (Å²) in [6, 6.07) is 20.1. The van der Waals surface area contributed by atoms with E-state index in [2.05, 4.69) is 53.3 Å². The van der Waals surface area contributed by atoms with E-state index in [1.807, 2.05) is 49.4 Å². The second-order valence-corrected chi connectivity index (χ2v) is 13.6. The molecule has 1 atom stereocenters. The molecule has 0 aliphatic carbocycles. The molecule has 3 aromatic heterocycles. The van der Waals surface area contributed by atoms with Crippen LogP contribution in [0.3, 0.4) is 0 Å². The molecule has 5 aromatic rings. The molecule has 1 N–H and O–H groups in total. The molecular weight excluding hydrogens is 607 g/mol. The van der Waals surface area contributed by atoms with E-state index in [9.17, 15) is 14.7 Å². The zero-order chi connectivity index (χ0) is 31.7. The van der Waals surface area contributed by atoms with E-state index in [0.29, 0.717) is 51.0 Å². The van der Waals surface area contributed by atoms with Crippen molar-refractivity contribution in [2.24, 2.45) is 5.92 Å². The molecule has 1 aliphatic heterocycles. The van der Waals surface area contributed by atoms with Crippen LogP contribution in [0.4, 0.5) is 5.13 Å². The van der Waals surface area contributed by atoms with Crippen LogP contribution in [0.15, 0.2) is 82.8 Å². The van der Waals surface area contributed by atoms with Gasteiger partial charge in [0, 0.05) is 11.9 Å². The lowest BCUT2D eigenvalue weighted by Gasteiger charge is -2.23. The van der Waals surface area contributed by atoms with E-state index in [1.165, 1.54) is 33.6 Å². The van der Waals surface area contributed by atoms with Gasteiger partial charge < -0.3 is 9.84 Å². The predicted octanol–water partition coefficient (Wildman–Crippen LogP) is 7.15. The average molecular weight is 640 g/mol. The van der Waals surface area contributed by atoms with Crippen LogP contribution in [0.25, 0.3) is 11.4 Å². The number of amides is 1. The van der Waals surface area contributed by atoms with Gasteiger partial charge in [-0.1, -0.05) is 85.0 Å². The molecule has 45 heavy (non-hydrogen) atoms. The molecule has 0 bridgehead atoms. The van der Waals surface area contributed by atoms with E-state index in [1.54, 1.807) is 17.5 Å². The maximum absolute atomic E-state index is 13.8. The number of nitrogens with zero attached hydrogens (tertiary/aromatic N) is 5. The van der Waals surface area contributed by atoms with Gasteiger partial charge in [0.15, 0.2) is 10.1 Å². The molecule has 1 aliphatic rings. The number of ketones is 1. The summed E-state index contributed by atoms with van der Waals surface area (Å²) in [4.78, 5) is 33.5. The van der Waals surface area contributed by atoms with Crippen LogP contribution >= 0.6 is 23.1 Å². The number of Topliss-reactive ketones (excluding diaryl/α,β-unsaturated/α-hetero) is 1. The number of benzene rings is 2. The highest BCUT2D eigenvalue weighted by molar-refractivity contribution is 8.00. The van der Waals surface area contributed by atoms with Gasteiger partial charge in [-0.15, -0.1) is 10.2 Å². The summed E-state index contributed by atoms with van der Waals surface area (Å²) in [5.41, 5.74) is 4.38. The van der Waals surface area contributed by atoms with Crippen molar-refractivity contribution in [3.8, 4) is 5.75 Å². The zero-order valence-electron chi connectivity index (χ0n) is 25.4. The number of carbonyl (C=O) groups excluding carboxylic acids is 2. The van der Waals surface area contributed by atoms with Gasteiger partial charge in [-0.2, -0.15) is 0 Å². The van der Waals surface area contributed by atoms with Gasteiger partial charge in [0.1, 0.15) is 17.1 Å². The number of hydrogen-bond acceptors (Lipinski definition) is 9. The smallest absolute Gasteiger partial charge is 0.301 e. The first kappa shape index (κ1) is 30.5. The second kappa shape index (κ2) is 12.9. The van der Waals surface area contributed by atoms with Crippen molar-refractivity contribution in [2.75, 3.05) is 11.5 Å². The number of carbonyl (C=O) groups is 2. The van der Waals surface area contributed by atoms with E-state index in [4.69, 9.17) is 4.74 Å². The highest BCUT2D eigenvalue weighted by atomic mass is 32.2. The SMILES string of the molecule is Cc1ccc(CSc2nnc(N3C(=O)C(=O)/C(=C(/O)c4c(C)nc5ccccn45)C3c3cccc(OCCC(C)C)c3)s2)cc1. The molecular formula is C34H33N5O4S2. The number of thioether (sulfide) groups is 1. The summed E-state index contributed by atoms with van der Waals surface area (Å²) in [7, 11) is 0. The minimum absolute atomic E-state index is 0.0443. The lowest BCUT2D eigenvalue weighted by Crippen LogP contribution is -2.29. The van der Waals surface area contributed by atoms with Crippen molar-refractivity contribution < 1.29 is 19.4 Å². The lowest BCUT2D eigenvalue weighted by atomic mass is 9.96. The van der Waals surface area contributed by atoms with Gasteiger partial charge in [-0.25, -0.2) is 4.98 Å². The predicted molar refractivity (Wildman–Crippen MR) is 177 cm³/mol. The first-order chi connectivity index (χ1) is 21.7. The van der Waals surface area contributed by atoms with E-state index in [-0.39, 0.29) is 16.5 Å². The third kappa shape index (κ3) is 6.23. The first-order valence-electron chi connectivity index (χ1n) is 14.7. The van der Waals surface area contributed by atoms with Gasteiger partial charge in [0.2, 0.25) is 5.13 Å². The van der Waals surface area contributed by atoms with Crippen molar-refractivity contribution in [3.63, 3.8) is 0 Å². The Balaban J connectivity index is 1.42. The number of aliphatic hydroxyl groups excluding tert-OH is 1. The summed E-state index contributed by atoms with van der Waals surface area (Å²) in [5, 5.41) is 20.8. The Hall–Kier alpha value is -4.48. The quantitative estimate of drug-likeness (QED) is 0.0564. The molecule has 6 rings (SSSR count). The second-order valence-electron chi connectivity index (χ2n) is 11.4. The standard InChI is InChI=1S/C34H33N5O4S2/c1-20(2)15-17-43-25-9-7-8-24(18-25)29-27(30(40)28-22(4)35-26-10-5-6-16-38(26)28)31(41)32(42)39(29)33-36-37-34(45-33)44-19-23-13-11-21(3)12-14-23/h5-14,16,18,20,29,40H,15,17,19H2,1-4H3/b30-27+. The fraction of sp³-hybridized carbons (Fsp3) is 0.265. The Morgan fingerprint density at radius 2 is 1.84 bits per heavy atom. The summed E-state index contributed by atoms with van der Waals surface area (Å²) in [6.45, 7) is 8.60. The molecule has 0 spiro atoms.